The van der Waals surface area contributed by atoms with Gasteiger partial charge in [0, 0.05) is 34.5 Å². The summed E-state index contributed by atoms with van der Waals surface area (Å²) in [5.74, 6) is 0. The first-order valence-corrected chi connectivity index (χ1v) is 12.7. The zero-order chi connectivity index (χ0) is 20.8. The molecule has 0 aromatic heterocycles. The summed E-state index contributed by atoms with van der Waals surface area (Å²) < 4.78 is 0. The minimum Gasteiger partial charge on any atom is -0.335 e. The Bertz CT molecular complexity index is 983. The van der Waals surface area contributed by atoms with Crippen LogP contribution in [-0.4, -0.2) is 42.7 Å². The molecular weight excluding hydrogens is 400 g/mol. The molecule has 0 amide bonds. The molecule has 4 nitrogen and oxygen atoms in total. The second-order valence-corrected chi connectivity index (χ2v) is 10.5. The summed E-state index contributed by atoms with van der Waals surface area (Å²) in [6, 6.07) is 17.5. The van der Waals surface area contributed by atoms with Crippen LogP contribution in [0.2, 0.25) is 0 Å². The van der Waals surface area contributed by atoms with Crippen LogP contribution in [0.25, 0.3) is 0 Å². The van der Waals surface area contributed by atoms with E-state index in [1.807, 2.05) is 11.8 Å². The lowest BCUT2D eigenvalue weighted by atomic mass is 9.99. The molecule has 1 aliphatic carbocycles. The van der Waals surface area contributed by atoms with Gasteiger partial charge >= 0.3 is 0 Å². The molecule has 2 N–H and O–H groups in total. The Morgan fingerprint density at radius 1 is 1.03 bits per heavy atom. The molecule has 2 saturated heterocycles. The second-order valence-electron chi connectivity index (χ2n) is 9.43. The van der Waals surface area contributed by atoms with Crippen LogP contribution in [0.1, 0.15) is 44.3 Å². The van der Waals surface area contributed by atoms with Crippen LogP contribution in [0.5, 0.6) is 0 Å². The van der Waals surface area contributed by atoms with E-state index in [0.29, 0.717) is 18.1 Å². The number of fused-ring (bicyclic) bond motifs is 3. The number of hydrogen-bond acceptors (Lipinski definition) is 5. The third-order valence-electron chi connectivity index (χ3n) is 7.24. The highest BCUT2D eigenvalue weighted by atomic mass is 32.2. The Morgan fingerprint density at radius 3 is 2.74 bits per heavy atom. The predicted molar refractivity (Wildman–Crippen MR) is 129 cm³/mol. The van der Waals surface area contributed by atoms with E-state index in [9.17, 15) is 0 Å². The third kappa shape index (κ3) is 3.72. The summed E-state index contributed by atoms with van der Waals surface area (Å²) in [6.45, 7) is 6.01. The highest BCUT2D eigenvalue weighted by molar-refractivity contribution is 7.99. The summed E-state index contributed by atoms with van der Waals surface area (Å²) in [5, 5.41) is 7.62. The number of nitrogens with zero attached hydrogens (tertiary/aromatic N) is 2. The Kier molecular flexibility index (Phi) is 5.31. The Morgan fingerprint density at radius 2 is 1.87 bits per heavy atom. The predicted octanol–water partition coefficient (Wildman–Crippen LogP) is 5.05. The van der Waals surface area contributed by atoms with Crippen molar-refractivity contribution in [1.82, 2.24) is 15.5 Å². The molecule has 2 fully saturated rings. The van der Waals surface area contributed by atoms with E-state index in [2.05, 4.69) is 82.0 Å². The second kappa shape index (κ2) is 8.28. The molecule has 4 unspecified atom stereocenters. The first kappa shape index (κ1) is 19.9. The highest BCUT2D eigenvalue weighted by Gasteiger charge is 2.34. The SMILES string of the molecule is CC(CN1CCCC1)N1c2ccccc2Sc2cc(C3NC4C=CCCC4N3)ccc21. The Balaban J connectivity index is 1.31. The van der Waals surface area contributed by atoms with Gasteiger partial charge in [-0.05, 0) is 75.5 Å². The van der Waals surface area contributed by atoms with Crippen LogP contribution in [0, 0.1) is 0 Å². The number of benzene rings is 2. The van der Waals surface area contributed by atoms with Gasteiger partial charge in [0.15, 0.2) is 0 Å². The highest BCUT2D eigenvalue weighted by Crippen LogP contribution is 2.49. The van der Waals surface area contributed by atoms with Crippen molar-refractivity contribution in [2.24, 2.45) is 0 Å². The fourth-order valence-electron chi connectivity index (χ4n) is 5.72. The van der Waals surface area contributed by atoms with Crippen molar-refractivity contribution >= 4 is 23.1 Å². The average Bonchev–Trinajstić information content (AvgIpc) is 3.46. The minimum absolute atomic E-state index is 0.233. The van der Waals surface area contributed by atoms with E-state index in [1.54, 1.807) is 0 Å². The molecule has 162 valence electrons. The molecule has 6 rings (SSSR count). The molecule has 0 radical (unpaired) electrons. The van der Waals surface area contributed by atoms with Crippen molar-refractivity contribution in [3.8, 4) is 0 Å². The van der Waals surface area contributed by atoms with Crippen LogP contribution in [0.15, 0.2) is 64.4 Å². The largest absolute Gasteiger partial charge is 0.335 e. The fourth-order valence-corrected chi connectivity index (χ4v) is 6.84. The molecule has 3 heterocycles. The molecule has 5 heteroatoms. The molecule has 2 aromatic carbocycles. The molecule has 3 aliphatic heterocycles. The van der Waals surface area contributed by atoms with Gasteiger partial charge in [0.05, 0.1) is 17.5 Å². The van der Waals surface area contributed by atoms with E-state index < -0.39 is 0 Å². The molecule has 0 bridgehead atoms. The number of para-hydroxylation sites is 1. The van der Waals surface area contributed by atoms with E-state index in [-0.39, 0.29) is 6.17 Å². The van der Waals surface area contributed by atoms with Crippen molar-refractivity contribution in [3.63, 3.8) is 0 Å². The number of anilines is 2. The van der Waals surface area contributed by atoms with Gasteiger partial charge in [-0.15, -0.1) is 0 Å². The third-order valence-corrected chi connectivity index (χ3v) is 8.36. The quantitative estimate of drug-likeness (QED) is 0.660. The number of hydrogen-bond donors (Lipinski definition) is 2. The van der Waals surface area contributed by atoms with Crippen molar-refractivity contribution < 1.29 is 0 Å². The van der Waals surface area contributed by atoms with Crippen molar-refractivity contribution in [2.45, 2.75) is 66.7 Å². The summed E-state index contributed by atoms with van der Waals surface area (Å²) in [5.41, 5.74) is 4.06. The molecule has 4 atom stereocenters. The molecule has 0 spiro atoms. The topological polar surface area (TPSA) is 30.5 Å². The van der Waals surface area contributed by atoms with Gasteiger partial charge in [0.25, 0.3) is 0 Å². The first-order valence-electron chi connectivity index (χ1n) is 11.9. The van der Waals surface area contributed by atoms with E-state index >= 15 is 0 Å². The molecule has 31 heavy (non-hydrogen) atoms. The monoisotopic (exact) mass is 432 g/mol. The zero-order valence-corrected chi connectivity index (χ0v) is 19.1. The smallest absolute Gasteiger partial charge is 0.0843 e. The van der Waals surface area contributed by atoms with Gasteiger partial charge in [-0.1, -0.05) is 42.1 Å². The molecular formula is C26H32N4S. The summed E-state index contributed by atoms with van der Waals surface area (Å²) in [6.07, 6.45) is 9.98. The summed E-state index contributed by atoms with van der Waals surface area (Å²) in [7, 11) is 0. The Hall–Kier alpha value is -1.79. The van der Waals surface area contributed by atoms with Crippen LogP contribution in [0.3, 0.4) is 0 Å². The van der Waals surface area contributed by atoms with Crippen LogP contribution in [0.4, 0.5) is 11.4 Å². The molecule has 4 aliphatic rings. The Labute approximate surface area is 190 Å². The van der Waals surface area contributed by atoms with Gasteiger partial charge in [-0.3, -0.25) is 10.6 Å². The lowest BCUT2D eigenvalue weighted by molar-refractivity contribution is 0.319. The van der Waals surface area contributed by atoms with Gasteiger partial charge in [0.2, 0.25) is 0 Å². The van der Waals surface area contributed by atoms with Crippen molar-refractivity contribution in [3.05, 3.63) is 60.2 Å². The molecule has 0 saturated carbocycles. The van der Waals surface area contributed by atoms with Crippen LogP contribution < -0.4 is 15.5 Å². The van der Waals surface area contributed by atoms with Gasteiger partial charge in [0.1, 0.15) is 0 Å². The maximum Gasteiger partial charge on any atom is 0.0843 e. The number of rotatable bonds is 4. The first-order chi connectivity index (χ1) is 15.3. The minimum atomic E-state index is 0.233. The maximum atomic E-state index is 3.83. The van der Waals surface area contributed by atoms with Crippen molar-refractivity contribution in [1.29, 1.82) is 0 Å². The number of likely N-dealkylation sites (tertiary alicyclic amines) is 1. The van der Waals surface area contributed by atoms with E-state index in [1.165, 1.54) is 65.5 Å². The fraction of sp³-hybridized carbons (Fsp3) is 0.462. The van der Waals surface area contributed by atoms with E-state index in [0.717, 1.165) is 6.54 Å². The average molecular weight is 433 g/mol. The summed E-state index contributed by atoms with van der Waals surface area (Å²) in [4.78, 5) is 7.95. The van der Waals surface area contributed by atoms with Gasteiger partial charge in [-0.25, -0.2) is 0 Å². The maximum absolute atomic E-state index is 3.83. The standard InChI is InChI=1S/C26H32N4S/c1-18(17-29-14-6-7-15-29)30-22-10-4-5-11-24(22)31-25-16-19(12-13-23(25)30)26-27-20-8-2-3-9-21(20)28-26/h2,4-5,8,10-13,16,18,20-21,26-28H,3,6-7,9,14-15,17H2,1H3. The number of allylic oxidation sites excluding steroid dienone is 1. The lowest BCUT2D eigenvalue weighted by Crippen LogP contribution is -2.40. The number of nitrogens with one attached hydrogen (secondary N) is 2. The van der Waals surface area contributed by atoms with Crippen LogP contribution >= 0.6 is 11.8 Å². The van der Waals surface area contributed by atoms with Crippen LogP contribution in [-0.2, 0) is 0 Å². The van der Waals surface area contributed by atoms with Gasteiger partial charge in [-0.2, -0.15) is 0 Å². The van der Waals surface area contributed by atoms with Gasteiger partial charge < -0.3 is 9.80 Å². The van der Waals surface area contributed by atoms with Crippen molar-refractivity contribution in [2.75, 3.05) is 24.5 Å². The molecule has 2 aromatic rings. The zero-order valence-electron chi connectivity index (χ0n) is 18.3. The van der Waals surface area contributed by atoms with E-state index in [4.69, 9.17) is 0 Å². The normalized spacial score (nSPS) is 28.3. The lowest BCUT2D eigenvalue weighted by Gasteiger charge is -2.39. The summed E-state index contributed by atoms with van der Waals surface area (Å²) >= 11 is 1.92.